The Morgan fingerprint density at radius 3 is 2.29 bits per heavy atom. The molecule has 0 amide bonds. The first-order valence-electron chi connectivity index (χ1n) is 5.83. The van der Waals surface area contributed by atoms with Crippen molar-refractivity contribution in [3.8, 4) is 0 Å². The molecule has 0 radical (unpaired) electrons. The second-order valence-electron chi connectivity index (χ2n) is 3.94. The fourth-order valence-corrected chi connectivity index (χ4v) is 2.15. The highest BCUT2D eigenvalue weighted by Crippen LogP contribution is 2.43. The van der Waals surface area contributed by atoms with E-state index in [9.17, 15) is 9.36 Å². The fraction of sp³-hybridized carbons (Fsp3) is 0.909. The molecule has 6 heteroatoms. The standard InChI is InChI=1S/C11H23O5P/c1-11(12)7-5-4-6-8-15-17(3,13)16-10-9-14-2/h4-10H2,1-3H3. The molecular formula is C11H23O5P. The van der Waals surface area contributed by atoms with E-state index in [0.717, 1.165) is 19.3 Å². The Kier molecular flexibility index (Phi) is 9.65. The molecule has 0 heterocycles. The summed E-state index contributed by atoms with van der Waals surface area (Å²) in [7, 11) is -1.38. The zero-order chi connectivity index (χ0) is 13.1. The van der Waals surface area contributed by atoms with Crippen molar-refractivity contribution < 1.29 is 23.1 Å². The van der Waals surface area contributed by atoms with Crippen LogP contribution < -0.4 is 0 Å². The van der Waals surface area contributed by atoms with Gasteiger partial charge in [0.05, 0.1) is 19.8 Å². The molecule has 0 N–H and O–H groups in total. The van der Waals surface area contributed by atoms with Crippen molar-refractivity contribution in [1.82, 2.24) is 0 Å². The highest BCUT2D eigenvalue weighted by atomic mass is 31.2. The van der Waals surface area contributed by atoms with Gasteiger partial charge in [0, 0.05) is 20.2 Å². The molecule has 0 spiro atoms. The quantitative estimate of drug-likeness (QED) is 0.425. The van der Waals surface area contributed by atoms with Gasteiger partial charge in [0.1, 0.15) is 5.78 Å². The van der Waals surface area contributed by atoms with Crippen LogP contribution in [0.5, 0.6) is 0 Å². The second kappa shape index (κ2) is 9.77. The maximum absolute atomic E-state index is 11.7. The highest BCUT2D eigenvalue weighted by molar-refractivity contribution is 7.52. The molecule has 0 saturated heterocycles. The monoisotopic (exact) mass is 266 g/mol. The van der Waals surface area contributed by atoms with Crippen molar-refractivity contribution in [1.29, 1.82) is 0 Å². The molecule has 0 aliphatic carbocycles. The van der Waals surface area contributed by atoms with Crippen LogP contribution in [0.1, 0.15) is 32.6 Å². The summed E-state index contributed by atoms with van der Waals surface area (Å²) < 4.78 is 26.7. The average molecular weight is 266 g/mol. The lowest BCUT2D eigenvalue weighted by Crippen LogP contribution is -2.02. The van der Waals surface area contributed by atoms with E-state index in [2.05, 4.69) is 0 Å². The fourth-order valence-electron chi connectivity index (χ4n) is 1.21. The maximum atomic E-state index is 11.7. The average Bonchev–Trinajstić information content (AvgIpc) is 2.23. The van der Waals surface area contributed by atoms with Crippen LogP contribution in [-0.2, 0) is 23.1 Å². The number of hydrogen-bond acceptors (Lipinski definition) is 5. The molecular weight excluding hydrogens is 243 g/mol. The number of rotatable bonds is 11. The Morgan fingerprint density at radius 1 is 1.06 bits per heavy atom. The molecule has 1 atom stereocenters. The molecule has 0 saturated carbocycles. The number of ether oxygens (including phenoxy) is 1. The van der Waals surface area contributed by atoms with Crippen molar-refractivity contribution in [3.05, 3.63) is 0 Å². The first-order valence-corrected chi connectivity index (χ1v) is 7.82. The minimum absolute atomic E-state index is 0.204. The molecule has 0 bridgehead atoms. The zero-order valence-electron chi connectivity index (χ0n) is 10.9. The minimum Gasteiger partial charge on any atom is -0.382 e. The lowest BCUT2D eigenvalue weighted by Gasteiger charge is -2.13. The van der Waals surface area contributed by atoms with E-state index in [1.165, 1.54) is 6.66 Å². The van der Waals surface area contributed by atoms with E-state index >= 15 is 0 Å². The Balaban J connectivity index is 3.45. The highest BCUT2D eigenvalue weighted by Gasteiger charge is 2.15. The molecule has 5 nitrogen and oxygen atoms in total. The molecule has 17 heavy (non-hydrogen) atoms. The molecule has 0 aliphatic heterocycles. The Hall–Kier alpha value is -0.220. The van der Waals surface area contributed by atoms with Gasteiger partial charge in [-0.15, -0.1) is 0 Å². The molecule has 102 valence electrons. The van der Waals surface area contributed by atoms with Gasteiger partial charge >= 0.3 is 7.60 Å². The number of carbonyl (C=O) groups is 1. The molecule has 1 unspecified atom stereocenters. The van der Waals surface area contributed by atoms with Crippen LogP contribution in [0.15, 0.2) is 0 Å². The summed E-state index contributed by atoms with van der Waals surface area (Å²) in [5.74, 6) is 0.204. The summed E-state index contributed by atoms with van der Waals surface area (Å²) in [6, 6.07) is 0. The number of carbonyl (C=O) groups excluding carboxylic acids is 1. The van der Waals surface area contributed by atoms with Gasteiger partial charge in [-0.3, -0.25) is 4.57 Å². The van der Waals surface area contributed by atoms with Gasteiger partial charge in [-0.1, -0.05) is 6.42 Å². The van der Waals surface area contributed by atoms with Crippen molar-refractivity contribution in [2.45, 2.75) is 32.6 Å². The summed E-state index contributed by atoms with van der Waals surface area (Å²) in [6.45, 7) is 4.12. The molecule has 0 fully saturated rings. The van der Waals surface area contributed by atoms with Crippen molar-refractivity contribution in [2.75, 3.05) is 33.6 Å². The molecule has 0 aromatic heterocycles. The summed E-state index contributed by atoms with van der Waals surface area (Å²) in [5.41, 5.74) is 0. The molecule has 0 aromatic carbocycles. The van der Waals surface area contributed by atoms with Gasteiger partial charge in [0.25, 0.3) is 0 Å². The van der Waals surface area contributed by atoms with Gasteiger partial charge < -0.3 is 18.6 Å². The number of hydrogen-bond donors (Lipinski definition) is 0. The van der Waals surface area contributed by atoms with E-state index in [1.54, 1.807) is 14.0 Å². The van der Waals surface area contributed by atoms with Crippen LogP contribution in [0.4, 0.5) is 0 Å². The summed E-state index contributed by atoms with van der Waals surface area (Å²) >= 11 is 0. The number of methoxy groups -OCH3 is 1. The van der Waals surface area contributed by atoms with Crippen LogP contribution in [-0.4, -0.2) is 39.4 Å². The lowest BCUT2D eigenvalue weighted by molar-refractivity contribution is -0.117. The van der Waals surface area contributed by atoms with E-state index in [1.807, 2.05) is 0 Å². The van der Waals surface area contributed by atoms with Crippen LogP contribution in [0.2, 0.25) is 0 Å². The van der Waals surface area contributed by atoms with E-state index in [-0.39, 0.29) is 12.4 Å². The van der Waals surface area contributed by atoms with E-state index in [4.69, 9.17) is 13.8 Å². The lowest BCUT2D eigenvalue weighted by atomic mass is 10.1. The predicted octanol–water partition coefficient (Wildman–Crippen LogP) is 2.64. The van der Waals surface area contributed by atoms with Crippen molar-refractivity contribution in [2.24, 2.45) is 0 Å². The van der Waals surface area contributed by atoms with Gasteiger partial charge in [0.2, 0.25) is 0 Å². The van der Waals surface area contributed by atoms with Gasteiger partial charge in [-0.25, -0.2) is 0 Å². The van der Waals surface area contributed by atoms with Gasteiger partial charge in [0.15, 0.2) is 0 Å². The number of unbranched alkanes of at least 4 members (excludes halogenated alkanes) is 2. The third-order valence-electron chi connectivity index (χ3n) is 2.11. The van der Waals surface area contributed by atoms with E-state index < -0.39 is 7.60 Å². The third kappa shape index (κ3) is 12.0. The minimum atomic E-state index is -2.94. The van der Waals surface area contributed by atoms with Crippen LogP contribution in [0, 0.1) is 0 Å². The maximum Gasteiger partial charge on any atom is 0.327 e. The van der Waals surface area contributed by atoms with Crippen LogP contribution >= 0.6 is 7.60 Å². The topological polar surface area (TPSA) is 61.8 Å². The number of Topliss-reactive ketones (excluding diaryl/α,β-unsaturated/α-hetero) is 1. The smallest absolute Gasteiger partial charge is 0.327 e. The largest absolute Gasteiger partial charge is 0.382 e. The van der Waals surface area contributed by atoms with E-state index in [0.29, 0.717) is 19.6 Å². The summed E-state index contributed by atoms with van der Waals surface area (Å²) in [6.07, 6.45) is 3.15. The summed E-state index contributed by atoms with van der Waals surface area (Å²) in [5, 5.41) is 0. The number of ketones is 1. The SMILES string of the molecule is COCCOP(C)(=O)OCCCCCC(C)=O. The van der Waals surface area contributed by atoms with Crippen LogP contribution in [0.3, 0.4) is 0 Å². The molecule has 0 aliphatic rings. The van der Waals surface area contributed by atoms with Gasteiger partial charge in [-0.05, 0) is 19.8 Å². The van der Waals surface area contributed by atoms with Crippen molar-refractivity contribution >= 4 is 13.4 Å². The molecule has 0 rings (SSSR count). The zero-order valence-corrected chi connectivity index (χ0v) is 11.8. The summed E-state index contributed by atoms with van der Waals surface area (Å²) in [4.78, 5) is 10.7. The Labute approximate surface area is 103 Å². The normalized spacial score (nSPS) is 14.5. The van der Waals surface area contributed by atoms with Crippen molar-refractivity contribution in [3.63, 3.8) is 0 Å². The Bertz CT molecular complexity index is 254. The first-order chi connectivity index (χ1) is 7.98. The van der Waals surface area contributed by atoms with Crippen LogP contribution in [0.25, 0.3) is 0 Å². The Morgan fingerprint density at radius 2 is 1.71 bits per heavy atom. The van der Waals surface area contributed by atoms with Gasteiger partial charge in [-0.2, -0.15) is 0 Å². The predicted molar refractivity (Wildman–Crippen MR) is 66.5 cm³/mol. The first kappa shape index (κ1) is 16.8. The third-order valence-corrected chi connectivity index (χ3v) is 3.42. The molecule has 0 aromatic rings. The second-order valence-corrected chi connectivity index (χ2v) is 6.00.